The summed E-state index contributed by atoms with van der Waals surface area (Å²) in [6.45, 7) is 1.48. The molecular formula is C12H17ClN4O2. The highest BCUT2D eigenvalue weighted by Gasteiger charge is 2.23. The van der Waals surface area contributed by atoms with Gasteiger partial charge in [-0.1, -0.05) is 11.6 Å². The van der Waals surface area contributed by atoms with E-state index in [1.165, 1.54) is 6.07 Å². The molecule has 0 unspecified atom stereocenters. The van der Waals surface area contributed by atoms with Crippen LogP contribution < -0.4 is 11.3 Å². The lowest BCUT2D eigenvalue weighted by Gasteiger charge is -2.31. The minimum atomic E-state index is -0.0859. The van der Waals surface area contributed by atoms with E-state index in [4.69, 9.17) is 22.6 Å². The Morgan fingerprint density at radius 1 is 1.53 bits per heavy atom. The van der Waals surface area contributed by atoms with Crippen LogP contribution in [0.3, 0.4) is 0 Å². The molecule has 1 aromatic rings. The number of piperidine rings is 1. The number of anilines is 1. The quantitative estimate of drug-likeness (QED) is 0.435. The van der Waals surface area contributed by atoms with Crippen molar-refractivity contribution >= 4 is 23.3 Å². The van der Waals surface area contributed by atoms with Crippen LogP contribution in [0.5, 0.6) is 0 Å². The van der Waals surface area contributed by atoms with Gasteiger partial charge in [-0.2, -0.15) is 0 Å². The predicted octanol–water partition coefficient (Wildman–Crippen LogP) is 0.865. The fourth-order valence-electron chi connectivity index (χ4n) is 2.20. The lowest BCUT2D eigenvalue weighted by Crippen LogP contribution is -2.39. The highest BCUT2D eigenvalue weighted by molar-refractivity contribution is 6.29. The van der Waals surface area contributed by atoms with Crippen LogP contribution in [0.15, 0.2) is 12.1 Å². The number of carbonyl (C=O) groups is 1. The molecular weight excluding hydrogens is 268 g/mol. The average molecular weight is 285 g/mol. The maximum absolute atomic E-state index is 12.3. The molecule has 0 aromatic carbocycles. The van der Waals surface area contributed by atoms with Crippen molar-refractivity contribution in [3.8, 4) is 0 Å². The molecule has 1 aliphatic rings. The van der Waals surface area contributed by atoms with Gasteiger partial charge in [0.25, 0.3) is 5.91 Å². The van der Waals surface area contributed by atoms with E-state index in [0.29, 0.717) is 30.4 Å². The molecule has 0 radical (unpaired) electrons. The third-order valence-corrected chi connectivity index (χ3v) is 3.54. The number of nitrogens with two attached hydrogens (primary N) is 1. The number of nitrogens with one attached hydrogen (secondary N) is 1. The smallest absolute Gasteiger partial charge is 0.254 e. The summed E-state index contributed by atoms with van der Waals surface area (Å²) in [7, 11) is 0. The summed E-state index contributed by atoms with van der Waals surface area (Å²) in [6, 6.07) is 3.11. The highest BCUT2D eigenvalue weighted by atomic mass is 35.5. The van der Waals surface area contributed by atoms with Gasteiger partial charge >= 0.3 is 0 Å². The van der Waals surface area contributed by atoms with Crippen LogP contribution in [-0.2, 0) is 0 Å². The minimum absolute atomic E-state index is 0.0859. The number of aliphatic hydroxyl groups is 1. The van der Waals surface area contributed by atoms with Gasteiger partial charge in [0, 0.05) is 25.3 Å². The first-order valence-electron chi connectivity index (χ1n) is 6.18. The molecule has 104 valence electrons. The topological polar surface area (TPSA) is 91.5 Å². The molecule has 1 fully saturated rings. The largest absolute Gasteiger partial charge is 0.396 e. The standard InChI is InChI=1S/C12H17ClN4O2/c13-10-5-9(6-11(15-10)16-14)12(19)17-3-1-8(7-18)2-4-17/h5-6,8,18H,1-4,7,14H2,(H,15,16). The SMILES string of the molecule is NNc1cc(C(=O)N2CCC(CO)CC2)cc(Cl)n1. The zero-order chi connectivity index (χ0) is 13.8. The van der Waals surface area contributed by atoms with Crippen molar-refractivity contribution in [2.24, 2.45) is 11.8 Å². The van der Waals surface area contributed by atoms with Crippen LogP contribution in [0, 0.1) is 5.92 Å². The molecule has 2 rings (SSSR count). The second kappa shape index (κ2) is 6.18. The van der Waals surface area contributed by atoms with E-state index in [0.717, 1.165) is 12.8 Å². The summed E-state index contributed by atoms with van der Waals surface area (Å²) in [5.41, 5.74) is 2.85. The normalized spacial score (nSPS) is 16.5. The number of amides is 1. The van der Waals surface area contributed by atoms with Crippen LogP contribution in [-0.4, -0.2) is 40.6 Å². The molecule has 0 saturated carbocycles. The second-order valence-electron chi connectivity index (χ2n) is 4.63. The molecule has 4 N–H and O–H groups in total. The van der Waals surface area contributed by atoms with Crippen molar-refractivity contribution in [2.45, 2.75) is 12.8 Å². The van der Waals surface area contributed by atoms with E-state index in [9.17, 15) is 4.79 Å². The summed E-state index contributed by atoms with van der Waals surface area (Å²) in [6.07, 6.45) is 1.64. The van der Waals surface area contributed by atoms with Gasteiger partial charge in [-0.15, -0.1) is 0 Å². The lowest BCUT2D eigenvalue weighted by molar-refractivity contribution is 0.0651. The molecule has 1 amide bonds. The Hall–Kier alpha value is -1.37. The van der Waals surface area contributed by atoms with Gasteiger partial charge in [0.1, 0.15) is 11.0 Å². The highest BCUT2D eigenvalue weighted by Crippen LogP contribution is 2.20. The molecule has 0 bridgehead atoms. The molecule has 19 heavy (non-hydrogen) atoms. The number of nitrogen functional groups attached to an aromatic ring is 1. The third kappa shape index (κ3) is 3.34. The summed E-state index contributed by atoms with van der Waals surface area (Å²) in [4.78, 5) is 18.0. The molecule has 0 aliphatic carbocycles. The maximum atomic E-state index is 12.3. The predicted molar refractivity (Wildman–Crippen MR) is 72.8 cm³/mol. The van der Waals surface area contributed by atoms with Crippen molar-refractivity contribution in [1.29, 1.82) is 0 Å². The number of rotatable bonds is 3. The third-order valence-electron chi connectivity index (χ3n) is 3.35. The summed E-state index contributed by atoms with van der Waals surface area (Å²) < 4.78 is 0. The van der Waals surface area contributed by atoms with Gasteiger partial charge in [0.05, 0.1) is 0 Å². The zero-order valence-electron chi connectivity index (χ0n) is 10.5. The summed E-state index contributed by atoms with van der Waals surface area (Å²) in [5, 5.41) is 9.31. The number of aliphatic hydroxyl groups excluding tert-OH is 1. The van der Waals surface area contributed by atoms with Crippen molar-refractivity contribution in [3.63, 3.8) is 0 Å². The van der Waals surface area contributed by atoms with Gasteiger partial charge < -0.3 is 15.4 Å². The second-order valence-corrected chi connectivity index (χ2v) is 5.01. The molecule has 6 nitrogen and oxygen atoms in total. The van der Waals surface area contributed by atoms with Crippen LogP contribution in [0.4, 0.5) is 5.82 Å². The van der Waals surface area contributed by atoms with Crippen LogP contribution in [0.2, 0.25) is 5.15 Å². The number of likely N-dealkylation sites (tertiary alicyclic amines) is 1. The molecule has 0 atom stereocenters. The fourth-order valence-corrected chi connectivity index (χ4v) is 2.40. The molecule has 1 aliphatic heterocycles. The van der Waals surface area contributed by atoms with E-state index < -0.39 is 0 Å². The fraction of sp³-hybridized carbons (Fsp3) is 0.500. The Kier molecular flexibility index (Phi) is 4.57. The number of hydrogen-bond donors (Lipinski definition) is 3. The average Bonchev–Trinajstić information content (AvgIpc) is 2.46. The van der Waals surface area contributed by atoms with E-state index in [1.54, 1.807) is 11.0 Å². The molecule has 0 spiro atoms. The number of aromatic nitrogens is 1. The van der Waals surface area contributed by atoms with Gasteiger partial charge in [-0.25, -0.2) is 10.8 Å². The first-order chi connectivity index (χ1) is 9.13. The zero-order valence-corrected chi connectivity index (χ0v) is 11.2. The van der Waals surface area contributed by atoms with Crippen LogP contribution in [0.25, 0.3) is 0 Å². The van der Waals surface area contributed by atoms with Crippen LogP contribution in [0.1, 0.15) is 23.2 Å². The van der Waals surface area contributed by atoms with Gasteiger partial charge in [0.15, 0.2) is 0 Å². The number of pyridine rings is 1. The first-order valence-corrected chi connectivity index (χ1v) is 6.56. The number of nitrogens with zero attached hydrogens (tertiary/aromatic N) is 2. The van der Waals surface area contributed by atoms with Crippen molar-refractivity contribution < 1.29 is 9.90 Å². The van der Waals surface area contributed by atoms with Crippen molar-refractivity contribution in [1.82, 2.24) is 9.88 Å². The molecule has 1 aromatic heterocycles. The Labute approximate surface area is 116 Å². The van der Waals surface area contributed by atoms with Gasteiger partial charge in [0.2, 0.25) is 0 Å². The van der Waals surface area contributed by atoms with Gasteiger partial charge in [-0.05, 0) is 30.9 Å². The van der Waals surface area contributed by atoms with E-state index in [1.807, 2.05) is 0 Å². The Morgan fingerprint density at radius 3 is 2.79 bits per heavy atom. The summed E-state index contributed by atoms with van der Waals surface area (Å²) >= 11 is 5.85. The summed E-state index contributed by atoms with van der Waals surface area (Å²) in [5.74, 6) is 5.85. The first kappa shape index (κ1) is 14.0. The Balaban J connectivity index is 2.09. The maximum Gasteiger partial charge on any atom is 0.254 e. The Bertz CT molecular complexity index is 461. The van der Waals surface area contributed by atoms with Crippen molar-refractivity contribution in [2.75, 3.05) is 25.1 Å². The molecule has 7 heteroatoms. The number of hydrogen-bond acceptors (Lipinski definition) is 5. The molecule has 2 heterocycles. The number of halogens is 1. The lowest BCUT2D eigenvalue weighted by atomic mass is 9.97. The van der Waals surface area contributed by atoms with E-state index in [-0.39, 0.29) is 17.7 Å². The number of carbonyl (C=O) groups excluding carboxylic acids is 1. The number of hydrazine groups is 1. The minimum Gasteiger partial charge on any atom is -0.396 e. The molecule has 1 saturated heterocycles. The van der Waals surface area contributed by atoms with E-state index in [2.05, 4.69) is 10.4 Å². The van der Waals surface area contributed by atoms with Crippen LogP contribution >= 0.6 is 11.6 Å². The van der Waals surface area contributed by atoms with Crippen molar-refractivity contribution in [3.05, 3.63) is 22.8 Å². The monoisotopic (exact) mass is 284 g/mol. The van der Waals surface area contributed by atoms with E-state index >= 15 is 0 Å². The Morgan fingerprint density at radius 2 is 2.21 bits per heavy atom. The van der Waals surface area contributed by atoms with Gasteiger partial charge in [-0.3, -0.25) is 4.79 Å².